The molecule has 2 aliphatic rings. The summed E-state index contributed by atoms with van der Waals surface area (Å²) in [7, 11) is 0. The number of halogens is 1. The lowest BCUT2D eigenvalue weighted by atomic mass is 9.90. The topological polar surface area (TPSA) is 69.8 Å². The first kappa shape index (κ1) is 21.8. The Hall–Kier alpha value is -2.41. The Kier molecular flexibility index (Phi) is 6.90. The molecule has 2 aromatic rings. The fraction of sp³-hybridized carbons (Fsp3) is 0.458. The summed E-state index contributed by atoms with van der Waals surface area (Å²) < 4.78 is 2.89. The van der Waals surface area contributed by atoms with Crippen molar-refractivity contribution in [2.45, 2.75) is 45.6 Å². The largest absolute Gasteiger partial charge is 0.366 e. The number of allylic oxidation sites excluding steroid dienone is 1. The molecule has 1 saturated heterocycles. The zero-order valence-electron chi connectivity index (χ0n) is 18.1. The number of rotatable bonds is 8. The lowest BCUT2D eigenvalue weighted by molar-refractivity contribution is 0.280. The number of hydrogen-bond acceptors (Lipinski definition) is 4. The predicted octanol–water partition coefficient (Wildman–Crippen LogP) is 4.98. The van der Waals surface area contributed by atoms with Crippen molar-refractivity contribution >= 4 is 27.6 Å². The Labute approximate surface area is 193 Å². The summed E-state index contributed by atoms with van der Waals surface area (Å²) in [6.07, 6.45) is 13.3. The molecule has 6 nitrogen and oxygen atoms in total. The second kappa shape index (κ2) is 9.81. The Morgan fingerprint density at radius 3 is 2.87 bits per heavy atom. The number of amidine groups is 1. The van der Waals surface area contributed by atoms with Gasteiger partial charge in [0.25, 0.3) is 0 Å². The molecule has 4 rings (SSSR count). The average molecular weight is 483 g/mol. The molecule has 31 heavy (non-hydrogen) atoms. The fourth-order valence-corrected chi connectivity index (χ4v) is 4.32. The Morgan fingerprint density at radius 1 is 1.35 bits per heavy atom. The van der Waals surface area contributed by atoms with Crippen LogP contribution in [-0.2, 0) is 6.54 Å². The van der Waals surface area contributed by atoms with Gasteiger partial charge in [0.15, 0.2) is 0 Å². The molecule has 0 bridgehead atoms. The summed E-state index contributed by atoms with van der Waals surface area (Å²) in [5, 5.41) is 16.6. The first-order chi connectivity index (χ1) is 15.0. The van der Waals surface area contributed by atoms with Crippen LogP contribution in [0.2, 0.25) is 0 Å². The van der Waals surface area contributed by atoms with E-state index in [0.29, 0.717) is 12.5 Å². The fourth-order valence-electron chi connectivity index (χ4n) is 4.06. The molecule has 2 aromatic heterocycles. The van der Waals surface area contributed by atoms with Crippen LogP contribution < -0.4 is 5.32 Å². The molecule has 3 heterocycles. The maximum absolute atomic E-state index is 8.50. The van der Waals surface area contributed by atoms with Crippen molar-refractivity contribution in [3.05, 3.63) is 64.7 Å². The van der Waals surface area contributed by atoms with E-state index in [1.165, 1.54) is 12.8 Å². The molecule has 7 heteroatoms. The van der Waals surface area contributed by atoms with Gasteiger partial charge in [0, 0.05) is 44.4 Å². The summed E-state index contributed by atoms with van der Waals surface area (Å²) in [5.74, 6) is 2.82. The predicted molar refractivity (Wildman–Crippen MR) is 129 cm³/mol. The van der Waals surface area contributed by atoms with Crippen LogP contribution in [0.3, 0.4) is 0 Å². The quantitative estimate of drug-likeness (QED) is 0.316. The number of nitrogens with zero attached hydrogens (tertiary/aromatic N) is 4. The SMILES string of the molecule is C=C(/C=C(/NCc1cccnc1)n1ncc(Br)c1C)C1CCCN(C(=N)CC2CC2)C1. The van der Waals surface area contributed by atoms with Crippen molar-refractivity contribution < 1.29 is 0 Å². The highest BCUT2D eigenvalue weighted by molar-refractivity contribution is 9.10. The summed E-state index contributed by atoms with van der Waals surface area (Å²) in [4.78, 5) is 6.48. The molecule has 0 aromatic carbocycles. The molecule has 1 atom stereocenters. The van der Waals surface area contributed by atoms with Crippen molar-refractivity contribution in [3.63, 3.8) is 0 Å². The van der Waals surface area contributed by atoms with Crippen molar-refractivity contribution in [1.82, 2.24) is 25.0 Å². The molecule has 0 amide bonds. The van der Waals surface area contributed by atoms with Crippen LogP contribution in [0.1, 0.15) is 43.4 Å². The van der Waals surface area contributed by atoms with Gasteiger partial charge in [0.05, 0.1) is 22.2 Å². The number of piperidine rings is 1. The van der Waals surface area contributed by atoms with E-state index in [2.05, 4.69) is 55.0 Å². The maximum Gasteiger partial charge on any atom is 0.128 e. The number of aromatic nitrogens is 3. The second-order valence-electron chi connectivity index (χ2n) is 8.69. The summed E-state index contributed by atoms with van der Waals surface area (Å²) in [5.41, 5.74) is 3.23. The molecule has 1 aliphatic heterocycles. The van der Waals surface area contributed by atoms with Crippen molar-refractivity contribution in [2.24, 2.45) is 11.8 Å². The molecular formula is C24H31BrN6. The van der Waals surface area contributed by atoms with E-state index in [0.717, 1.165) is 71.2 Å². The molecule has 2 fully saturated rings. The van der Waals surface area contributed by atoms with Crippen molar-refractivity contribution in [2.75, 3.05) is 13.1 Å². The van der Waals surface area contributed by atoms with Crippen molar-refractivity contribution in [1.29, 1.82) is 5.41 Å². The van der Waals surface area contributed by atoms with Gasteiger partial charge < -0.3 is 10.2 Å². The van der Waals surface area contributed by atoms with E-state index in [9.17, 15) is 0 Å². The van der Waals surface area contributed by atoms with Gasteiger partial charge >= 0.3 is 0 Å². The van der Waals surface area contributed by atoms with E-state index in [1.807, 2.05) is 30.1 Å². The minimum atomic E-state index is 0.350. The van der Waals surface area contributed by atoms with Gasteiger partial charge in [-0.05, 0) is 77.7 Å². The average Bonchev–Trinajstić information content (AvgIpc) is 3.55. The number of nitrogens with one attached hydrogen (secondary N) is 2. The third-order valence-corrected chi connectivity index (χ3v) is 6.98. The maximum atomic E-state index is 8.50. The van der Waals surface area contributed by atoms with Crippen LogP contribution in [0.5, 0.6) is 0 Å². The standard InChI is InChI=1S/C24H31BrN6/c1-17(21-6-4-10-30(16-21)23(26)12-19-7-8-19)11-24(31-18(2)22(25)15-29-31)28-14-20-5-3-9-27-13-20/h3,5,9,11,13,15,19,21,26,28H,1,4,6-8,10,12,14,16H2,2H3/b24-11-,26-23?. The normalized spacial score (nSPS) is 19.4. The minimum Gasteiger partial charge on any atom is -0.366 e. The van der Waals surface area contributed by atoms with E-state index < -0.39 is 0 Å². The van der Waals surface area contributed by atoms with Crippen LogP contribution in [0.25, 0.3) is 5.82 Å². The van der Waals surface area contributed by atoms with Gasteiger partial charge in [-0.25, -0.2) is 4.68 Å². The second-order valence-corrected chi connectivity index (χ2v) is 9.54. The Morgan fingerprint density at radius 2 is 2.19 bits per heavy atom. The lowest BCUT2D eigenvalue weighted by Crippen LogP contribution is -2.40. The smallest absolute Gasteiger partial charge is 0.128 e. The zero-order chi connectivity index (χ0) is 21.8. The first-order valence-electron chi connectivity index (χ1n) is 11.1. The minimum absolute atomic E-state index is 0.350. The summed E-state index contributed by atoms with van der Waals surface area (Å²) in [6, 6.07) is 4.01. The number of hydrogen-bond donors (Lipinski definition) is 2. The van der Waals surface area contributed by atoms with E-state index in [1.54, 1.807) is 6.20 Å². The van der Waals surface area contributed by atoms with Gasteiger partial charge in [0.1, 0.15) is 5.82 Å². The van der Waals surface area contributed by atoms with Crippen LogP contribution in [0.4, 0.5) is 0 Å². The van der Waals surface area contributed by atoms with Gasteiger partial charge in [0.2, 0.25) is 0 Å². The molecule has 0 spiro atoms. The summed E-state index contributed by atoms with van der Waals surface area (Å²) >= 11 is 3.57. The van der Waals surface area contributed by atoms with E-state index in [-0.39, 0.29) is 0 Å². The molecule has 1 unspecified atom stereocenters. The third kappa shape index (κ3) is 5.64. The third-order valence-electron chi connectivity index (χ3n) is 6.20. The lowest BCUT2D eigenvalue weighted by Gasteiger charge is -2.35. The zero-order valence-corrected chi connectivity index (χ0v) is 19.7. The van der Waals surface area contributed by atoms with E-state index >= 15 is 0 Å². The molecule has 0 radical (unpaired) electrons. The van der Waals surface area contributed by atoms with Crippen LogP contribution in [0, 0.1) is 24.2 Å². The van der Waals surface area contributed by atoms with Gasteiger partial charge in [-0.15, -0.1) is 0 Å². The molecule has 164 valence electrons. The molecular weight excluding hydrogens is 452 g/mol. The van der Waals surface area contributed by atoms with Gasteiger partial charge in [-0.1, -0.05) is 12.6 Å². The van der Waals surface area contributed by atoms with Crippen LogP contribution in [0.15, 0.2) is 53.4 Å². The molecule has 2 N–H and O–H groups in total. The number of likely N-dealkylation sites (tertiary alicyclic amines) is 1. The number of pyridine rings is 1. The van der Waals surface area contributed by atoms with Crippen LogP contribution in [-0.4, -0.2) is 38.6 Å². The highest BCUT2D eigenvalue weighted by atomic mass is 79.9. The van der Waals surface area contributed by atoms with Gasteiger partial charge in [-0.3, -0.25) is 10.4 Å². The monoisotopic (exact) mass is 482 g/mol. The summed E-state index contributed by atoms with van der Waals surface area (Å²) in [6.45, 7) is 9.01. The Balaban J connectivity index is 1.49. The molecule has 1 aliphatic carbocycles. The first-order valence-corrected chi connectivity index (χ1v) is 11.9. The molecule has 1 saturated carbocycles. The highest BCUT2D eigenvalue weighted by Crippen LogP contribution is 2.34. The van der Waals surface area contributed by atoms with Crippen molar-refractivity contribution in [3.8, 4) is 0 Å². The Bertz CT molecular complexity index is 960. The van der Waals surface area contributed by atoms with Gasteiger partial charge in [-0.2, -0.15) is 5.10 Å². The highest BCUT2D eigenvalue weighted by Gasteiger charge is 2.28. The van der Waals surface area contributed by atoms with E-state index in [4.69, 9.17) is 5.41 Å². The van der Waals surface area contributed by atoms with Crippen LogP contribution >= 0.6 is 15.9 Å².